The molecule has 0 saturated heterocycles. The molecule has 1 unspecified atom stereocenters. The Bertz CT molecular complexity index is 517. The summed E-state index contributed by atoms with van der Waals surface area (Å²) in [6.45, 7) is 3.77. The number of halogens is 1. The maximum atomic E-state index is 13.2. The highest BCUT2D eigenvalue weighted by Crippen LogP contribution is 2.29. The van der Waals surface area contributed by atoms with Crippen LogP contribution in [-0.4, -0.2) is 5.11 Å². The van der Waals surface area contributed by atoms with Crippen molar-refractivity contribution in [1.82, 2.24) is 0 Å². The van der Waals surface area contributed by atoms with E-state index in [0.717, 1.165) is 11.1 Å². The molecule has 90 valence electrons. The van der Waals surface area contributed by atoms with E-state index in [1.807, 2.05) is 13.8 Å². The molecule has 0 aliphatic carbocycles. The number of hydrogen-bond acceptors (Lipinski definition) is 2. The van der Waals surface area contributed by atoms with Crippen molar-refractivity contribution in [3.63, 3.8) is 0 Å². The quantitative estimate of drug-likeness (QED) is 0.875. The van der Waals surface area contributed by atoms with Gasteiger partial charge in [0.25, 0.3) is 0 Å². The van der Waals surface area contributed by atoms with E-state index in [-0.39, 0.29) is 5.82 Å². The van der Waals surface area contributed by atoms with E-state index in [2.05, 4.69) is 0 Å². The van der Waals surface area contributed by atoms with Gasteiger partial charge in [0.15, 0.2) is 0 Å². The molecular formula is C14H15FO2. The lowest BCUT2D eigenvalue weighted by atomic mass is 10.1. The molecular weight excluding hydrogens is 219 g/mol. The molecule has 1 aromatic carbocycles. The summed E-state index contributed by atoms with van der Waals surface area (Å²) in [5.74, 6) is 0.815. The number of aryl methyl sites for hydroxylation is 1. The molecule has 0 aliphatic heterocycles. The van der Waals surface area contributed by atoms with Crippen molar-refractivity contribution in [2.75, 3.05) is 0 Å². The zero-order chi connectivity index (χ0) is 12.4. The predicted octanol–water partition coefficient (Wildman–Crippen LogP) is 3.84. The second-order valence-electron chi connectivity index (χ2n) is 4.09. The van der Waals surface area contributed by atoms with Crippen LogP contribution < -0.4 is 0 Å². The molecule has 0 fully saturated rings. The van der Waals surface area contributed by atoms with E-state index < -0.39 is 6.10 Å². The van der Waals surface area contributed by atoms with Crippen LogP contribution in [0.5, 0.6) is 0 Å². The Labute approximate surface area is 99.7 Å². The van der Waals surface area contributed by atoms with Gasteiger partial charge in [-0.2, -0.15) is 0 Å². The average molecular weight is 234 g/mol. The summed E-state index contributed by atoms with van der Waals surface area (Å²) in [7, 11) is 0. The second-order valence-corrected chi connectivity index (χ2v) is 4.09. The first-order chi connectivity index (χ1) is 8.11. The predicted molar refractivity (Wildman–Crippen MR) is 64.1 cm³/mol. The number of rotatable bonds is 3. The monoisotopic (exact) mass is 234 g/mol. The van der Waals surface area contributed by atoms with E-state index in [0.29, 0.717) is 17.9 Å². The molecule has 0 radical (unpaired) electrons. The number of furan rings is 1. The summed E-state index contributed by atoms with van der Waals surface area (Å²) in [6.07, 6.45) is -0.00708. The number of aliphatic hydroxyl groups is 1. The number of aliphatic hydroxyl groups excluding tert-OH is 1. The van der Waals surface area contributed by atoms with Crippen molar-refractivity contribution >= 4 is 0 Å². The third kappa shape index (κ3) is 2.39. The first kappa shape index (κ1) is 11.9. The molecule has 1 heterocycles. The molecule has 2 nitrogen and oxygen atoms in total. The number of benzene rings is 1. The van der Waals surface area contributed by atoms with Crippen LogP contribution in [-0.2, 0) is 0 Å². The van der Waals surface area contributed by atoms with Crippen molar-refractivity contribution in [3.8, 4) is 11.3 Å². The number of hydrogen-bond donors (Lipinski definition) is 1. The first-order valence-electron chi connectivity index (χ1n) is 5.66. The van der Waals surface area contributed by atoms with Crippen molar-refractivity contribution in [2.24, 2.45) is 0 Å². The summed E-state index contributed by atoms with van der Waals surface area (Å²) in [5.41, 5.74) is 1.66. The fourth-order valence-electron chi connectivity index (χ4n) is 1.74. The smallest absolute Gasteiger partial charge is 0.134 e. The Kier molecular flexibility index (Phi) is 3.29. The minimum absolute atomic E-state index is 0.292. The molecule has 1 aromatic heterocycles. The molecule has 2 rings (SSSR count). The van der Waals surface area contributed by atoms with Crippen LogP contribution >= 0.6 is 0 Å². The Morgan fingerprint density at radius 3 is 2.76 bits per heavy atom. The van der Waals surface area contributed by atoms with Crippen molar-refractivity contribution in [1.29, 1.82) is 0 Å². The van der Waals surface area contributed by atoms with Gasteiger partial charge in [-0.05, 0) is 43.2 Å². The third-order valence-corrected chi connectivity index (χ3v) is 2.81. The lowest BCUT2D eigenvalue weighted by Crippen LogP contribution is -1.91. The molecule has 0 spiro atoms. The van der Waals surface area contributed by atoms with E-state index in [9.17, 15) is 9.50 Å². The van der Waals surface area contributed by atoms with Crippen LogP contribution in [0, 0.1) is 12.7 Å². The van der Waals surface area contributed by atoms with Gasteiger partial charge in [0.2, 0.25) is 0 Å². The molecule has 0 aliphatic rings. The molecule has 0 saturated carbocycles. The topological polar surface area (TPSA) is 33.4 Å². The van der Waals surface area contributed by atoms with Crippen LogP contribution in [0.1, 0.15) is 30.8 Å². The van der Waals surface area contributed by atoms with Gasteiger partial charge in [0.1, 0.15) is 23.4 Å². The lowest BCUT2D eigenvalue weighted by molar-refractivity contribution is 0.147. The molecule has 17 heavy (non-hydrogen) atoms. The summed E-state index contributed by atoms with van der Waals surface area (Å²) in [6, 6.07) is 8.06. The zero-order valence-corrected chi connectivity index (χ0v) is 9.90. The van der Waals surface area contributed by atoms with Crippen LogP contribution in [0.25, 0.3) is 11.3 Å². The maximum Gasteiger partial charge on any atom is 0.134 e. The average Bonchev–Trinajstić information content (AvgIpc) is 2.80. The van der Waals surface area contributed by atoms with E-state index >= 15 is 0 Å². The zero-order valence-electron chi connectivity index (χ0n) is 9.90. The summed E-state index contributed by atoms with van der Waals surface area (Å²) in [5, 5.41) is 9.65. The first-order valence-corrected chi connectivity index (χ1v) is 5.66. The summed E-state index contributed by atoms with van der Waals surface area (Å²) < 4.78 is 18.7. The van der Waals surface area contributed by atoms with Crippen LogP contribution in [0.2, 0.25) is 0 Å². The van der Waals surface area contributed by atoms with Gasteiger partial charge in [-0.1, -0.05) is 13.0 Å². The lowest BCUT2D eigenvalue weighted by Gasteiger charge is -2.05. The van der Waals surface area contributed by atoms with Crippen molar-refractivity contribution in [3.05, 3.63) is 47.5 Å². The third-order valence-electron chi connectivity index (χ3n) is 2.81. The summed E-state index contributed by atoms with van der Waals surface area (Å²) >= 11 is 0. The fourth-order valence-corrected chi connectivity index (χ4v) is 1.74. The SMILES string of the molecule is CCC(O)c1ccc(-c2cc(F)ccc2C)o1. The van der Waals surface area contributed by atoms with Gasteiger partial charge in [-0.25, -0.2) is 4.39 Å². The molecule has 2 aromatic rings. The van der Waals surface area contributed by atoms with Crippen LogP contribution in [0.15, 0.2) is 34.7 Å². The second kappa shape index (κ2) is 4.72. The van der Waals surface area contributed by atoms with Crippen molar-refractivity contribution in [2.45, 2.75) is 26.4 Å². The van der Waals surface area contributed by atoms with Crippen molar-refractivity contribution < 1.29 is 13.9 Å². The Hall–Kier alpha value is -1.61. The highest BCUT2D eigenvalue weighted by Gasteiger charge is 2.12. The maximum absolute atomic E-state index is 13.2. The van der Waals surface area contributed by atoms with E-state index in [1.165, 1.54) is 12.1 Å². The summed E-state index contributed by atoms with van der Waals surface area (Å²) in [4.78, 5) is 0. The normalized spacial score (nSPS) is 12.7. The highest BCUT2D eigenvalue weighted by atomic mass is 19.1. The Morgan fingerprint density at radius 1 is 1.29 bits per heavy atom. The van der Waals surface area contributed by atoms with Gasteiger partial charge in [-0.3, -0.25) is 0 Å². The van der Waals surface area contributed by atoms with Crippen LogP contribution in [0.4, 0.5) is 4.39 Å². The van der Waals surface area contributed by atoms with Gasteiger partial charge in [-0.15, -0.1) is 0 Å². The van der Waals surface area contributed by atoms with Gasteiger partial charge < -0.3 is 9.52 Å². The molecule has 1 N–H and O–H groups in total. The minimum Gasteiger partial charge on any atom is -0.458 e. The van der Waals surface area contributed by atoms with Gasteiger partial charge in [0.05, 0.1) is 0 Å². The molecule has 0 bridgehead atoms. The molecule has 1 atom stereocenters. The highest BCUT2D eigenvalue weighted by molar-refractivity contribution is 5.62. The largest absolute Gasteiger partial charge is 0.458 e. The Morgan fingerprint density at radius 2 is 2.06 bits per heavy atom. The Balaban J connectivity index is 2.40. The van der Waals surface area contributed by atoms with Gasteiger partial charge in [0, 0.05) is 5.56 Å². The molecule has 3 heteroatoms. The van der Waals surface area contributed by atoms with Gasteiger partial charge >= 0.3 is 0 Å². The standard InChI is InChI=1S/C14H15FO2/c1-3-12(16)14-7-6-13(17-14)11-8-10(15)5-4-9(11)2/h4-8,12,16H,3H2,1-2H3. The molecule has 0 amide bonds. The van der Waals surface area contributed by atoms with Crippen LogP contribution in [0.3, 0.4) is 0 Å². The minimum atomic E-state index is -0.599. The van der Waals surface area contributed by atoms with E-state index in [1.54, 1.807) is 18.2 Å². The fraction of sp³-hybridized carbons (Fsp3) is 0.286. The van der Waals surface area contributed by atoms with E-state index in [4.69, 9.17) is 4.42 Å².